The Balaban J connectivity index is 2.03. The maximum atomic E-state index is 11.2. The molecule has 0 amide bonds. The molecule has 2 rings (SSSR count). The Bertz CT molecular complexity index is 651. The van der Waals surface area contributed by atoms with E-state index in [0.717, 1.165) is 17.4 Å². The minimum Gasteiger partial charge on any atom is -0.303 e. The molecule has 0 N–H and O–H groups in total. The predicted octanol–water partition coefficient (Wildman–Crippen LogP) is 3.10. The second kappa shape index (κ2) is 7.26. The van der Waals surface area contributed by atoms with Crippen LogP contribution in [0.5, 0.6) is 0 Å². The van der Waals surface area contributed by atoms with Gasteiger partial charge >= 0.3 is 0 Å². The molecule has 23 heavy (non-hydrogen) atoms. The van der Waals surface area contributed by atoms with Crippen molar-refractivity contribution < 1.29 is 14.6 Å². The van der Waals surface area contributed by atoms with Crippen molar-refractivity contribution >= 4 is 17.7 Å². The third-order valence-electron chi connectivity index (χ3n) is 3.48. The van der Waals surface area contributed by atoms with E-state index in [1.807, 2.05) is 0 Å². The molecule has 0 saturated carbocycles. The van der Waals surface area contributed by atoms with Gasteiger partial charge in [0.05, 0.1) is 9.85 Å². The summed E-state index contributed by atoms with van der Waals surface area (Å²) < 4.78 is 0. The molecular weight excluding hydrogens is 300 g/mol. The Morgan fingerprint density at radius 2 is 1.13 bits per heavy atom. The normalized spacial score (nSPS) is 10.5. The first-order valence-electron chi connectivity index (χ1n) is 6.91. The van der Waals surface area contributed by atoms with Crippen LogP contribution >= 0.6 is 0 Å². The number of aldehydes is 1. The summed E-state index contributed by atoms with van der Waals surface area (Å²) in [6, 6.07) is 12.1. The van der Waals surface area contributed by atoms with Crippen molar-refractivity contribution in [2.24, 2.45) is 5.92 Å². The third-order valence-corrected chi connectivity index (χ3v) is 3.48. The van der Waals surface area contributed by atoms with E-state index < -0.39 is 9.85 Å². The molecule has 0 unspecified atom stereocenters. The topological polar surface area (TPSA) is 103 Å². The summed E-state index contributed by atoms with van der Waals surface area (Å²) in [5, 5.41) is 21.2. The van der Waals surface area contributed by atoms with Gasteiger partial charge in [-0.15, -0.1) is 0 Å². The van der Waals surface area contributed by atoms with Gasteiger partial charge in [-0.2, -0.15) is 0 Å². The largest absolute Gasteiger partial charge is 0.303 e. The van der Waals surface area contributed by atoms with Crippen LogP contribution in [0, 0.1) is 26.1 Å². The molecule has 0 aromatic heterocycles. The Kier molecular flexibility index (Phi) is 5.14. The van der Waals surface area contributed by atoms with E-state index in [1.54, 1.807) is 24.3 Å². The molecule has 7 heteroatoms. The van der Waals surface area contributed by atoms with Gasteiger partial charge in [0.2, 0.25) is 0 Å². The Morgan fingerprint density at radius 1 is 0.783 bits per heavy atom. The van der Waals surface area contributed by atoms with Crippen molar-refractivity contribution in [2.45, 2.75) is 12.8 Å². The first-order chi connectivity index (χ1) is 11.0. The third kappa shape index (κ3) is 4.44. The lowest BCUT2D eigenvalue weighted by molar-refractivity contribution is -0.385. The van der Waals surface area contributed by atoms with Crippen LogP contribution in [0.1, 0.15) is 11.1 Å². The van der Waals surface area contributed by atoms with Gasteiger partial charge in [-0.05, 0) is 24.0 Å². The van der Waals surface area contributed by atoms with Gasteiger partial charge in [-0.3, -0.25) is 20.2 Å². The average molecular weight is 314 g/mol. The van der Waals surface area contributed by atoms with Crippen LogP contribution in [0.15, 0.2) is 48.5 Å². The van der Waals surface area contributed by atoms with Gasteiger partial charge in [-0.25, -0.2) is 0 Å². The number of carbonyl (C=O) groups is 1. The standard InChI is InChI=1S/C16H14N2O5/c19-11-14(9-12-1-5-15(6-2-12)17(20)21)10-13-3-7-16(8-4-13)18(22)23/h1-8,11,14H,9-10H2. The smallest absolute Gasteiger partial charge is 0.269 e. The predicted molar refractivity (Wildman–Crippen MR) is 83.2 cm³/mol. The molecule has 0 aliphatic rings. The number of nitrogens with zero attached hydrogens (tertiary/aromatic N) is 2. The molecule has 0 radical (unpaired) electrons. The molecule has 0 spiro atoms. The molecule has 0 aliphatic heterocycles. The number of nitro groups is 2. The van der Waals surface area contributed by atoms with Crippen LogP contribution in [0.2, 0.25) is 0 Å². The second-order valence-corrected chi connectivity index (χ2v) is 5.15. The van der Waals surface area contributed by atoms with Crippen LogP contribution in [0.25, 0.3) is 0 Å². The number of non-ortho nitro benzene ring substituents is 2. The molecule has 2 aromatic carbocycles. The number of rotatable bonds is 7. The first-order valence-corrected chi connectivity index (χ1v) is 6.91. The average Bonchev–Trinajstić information content (AvgIpc) is 2.55. The molecular formula is C16H14N2O5. The fourth-order valence-electron chi connectivity index (χ4n) is 2.28. The van der Waals surface area contributed by atoms with Gasteiger partial charge in [0, 0.05) is 30.2 Å². The Hall–Kier alpha value is -3.09. The van der Waals surface area contributed by atoms with E-state index in [4.69, 9.17) is 0 Å². The van der Waals surface area contributed by atoms with Gasteiger partial charge in [-0.1, -0.05) is 24.3 Å². The second-order valence-electron chi connectivity index (χ2n) is 5.15. The number of hydrogen-bond acceptors (Lipinski definition) is 5. The Labute approximate surface area is 131 Å². The van der Waals surface area contributed by atoms with Gasteiger partial charge in [0.25, 0.3) is 11.4 Å². The maximum absolute atomic E-state index is 11.2. The van der Waals surface area contributed by atoms with Crippen LogP contribution in [-0.4, -0.2) is 16.1 Å². The number of benzene rings is 2. The van der Waals surface area contributed by atoms with Crippen LogP contribution < -0.4 is 0 Å². The summed E-state index contributed by atoms with van der Waals surface area (Å²) in [4.78, 5) is 31.5. The monoisotopic (exact) mass is 314 g/mol. The van der Waals surface area contributed by atoms with Crippen molar-refractivity contribution in [2.75, 3.05) is 0 Å². The van der Waals surface area contributed by atoms with Gasteiger partial charge in [0.1, 0.15) is 6.29 Å². The highest BCUT2D eigenvalue weighted by Crippen LogP contribution is 2.18. The quantitative estimate of drug-likeness (QED) is 0.444. The zero-order valence-electron chi connectivity index (χ0n) is 12.1. The summed E-state index contributed by atoms with van der Waals surface area (Å²) in [5.41, 5.74) is 1.67. The lowest BCUT2D eigenvalue weighted by Crippen LogP contribution is -2.10. The number of carbonyl (C=O) groups excluding carboxylic acids is 1. The van der Waals surface area contributed by atoms with Crippen molar-refractivity contribution in [1.29, 1.82) is 0 Å². The van der Waals surface area contributed by atoms with Crippen LogP contribution in [0.3, 0.4) is 0 Å². The van der Waals surface area contributed by atoms with E-state index in [-0.39, 0.29) is 17.3 Å². The van der Waals surface area contributed by atoms with Gasteiger partial charge in [0.15, 0.2) is 0 Å². The summed E-state index contributed by atoms with van der Waals surface area (Å²) >= 11 is 0. The molecule has 0 heterocycles. The van der Waals surface area contributed by atoms with Crippen LogP contribution in [0.4, 0.5) is 11.4 Å². The molecule has 7 nitrogen and oxygen atoms in total. The molecule has 0 bridgehead atoms. The number of hydrogen-bond donors (Lipinski definition) is 0. The highest BCUT2D eigenvalue weighted by molar-refractivity contribution is 5.55. The fraction of sp³-hybridized carbons (Fsp3) is 0.188. The summed E-state index contributed by atoms with van der Waals surface area (Å²) in [5.74, 6) is -0.294. The molecule has 0 saturated heterocycles. The highest BCUT2D eigenvalue weighted by Gasteiger charge is 2.12. The minimum atomic E-state index is -0.474. The van der Waals surface area contributed by atoms with Crippen molar-refractivity contribution in [3.05, 3.63) is 79.9 Å². The SMILES string of the molecule is O=CC(Cc1ccc([N+](=O)[O-])cc1)Cc1ccc([N+](=O)[O-])cc1. The van der Waals surface area contributed by atoms with E-state index in [2.05, 4.69) is 0 Å². The molecule has 0 fully saturated rings. The van der Waals surface area contributed by atoms with E-state index >= 15 is 0 Å². The molecule has 0 aliphatic carbocycles. The van der Waals surface area contributed by atoms with E-state index in [0.29, 0.717) is 12.8 Å². The van der Waals surface area contributed by atoms with Crippen molar-refractivity contribution in [3.8, 4) is 0 Å². The maximum Gasteiger partial charge on any atom is 0.269 e. The zero-order valence-corrected chi connectivity index (χ0v) is 12.1. The summed E-state index contributed by atoms with van der Waals surface area (Å²) in [7, 11) is 0. The zero-order chi connectivity index (χ0) is 16.8. The van der Waals surface area contributed by atoms with E-state index in [9.17, 15) is 25.0 Å². The molecule has 0 atom stereocenters. The summed E-state index contributed by atoms with van der Waals surface area (Å²) in [6.45, 7) is 0. The lowest BCUT2D eigenvalue weighted by Gasteiger charge is -2.10. The fourth-order valence-corrected chi connectivity index (χ4v) is 2.28. The summed E-state index contributed by atoms with van der Waals surface area (Å²) in [6.07, 6.45) is 1.75. The van der Waals surface area contributed by atoms with Crippen LogP contribution in [-0.2, 0) is 17.6 Å². The van der Waals surface area contributed by atoms with E-state index in [1.165, 1.54) is 24.3 Å². The van der Waals surface area contributed by atoms with Crippen molar-refractivity contribution in [1.82, 2.24) is 0 Å². The Morgan fingerprint density at radius 3 is 1.39 bits per heavy atom. The lowest BCUT2D eigenvalue weighted by atomic mass is 9.93. The highest BCUT2D eigenvalue weighted by atomic mass is 16.6. The van der Waals surface area contributed by atoms with Gasteiger partial charge < -0.3 is 4.79 Å². The molecule has 2 aromatic rings. The number of nitro benzene ring substituents is 2. The van der Waals surface area contributed by atoms with Crippen molar-refractivity contribution in [3.63, 3.8) is 0 Å². The minimum absolute atomic E-state index is 0.00627. The molecule has 118 valence electrons. The first kappa shape index (κ1) is 16.3.